The van der Waals surface area contributed by atoms with E-state index in [9.17, 15) is 9.18 Å². The second-order valence-electron chi connectivity index (χ2n) is 7.13. The van der Waals surface area contributed by atoms with Crippen LogP contribution in [-0.2, 0) is 11.2 Å². The zero-order chi connectivity index (χ0) is 21.7. The van der Waals surface area contributed by atoms with Crippen LogP contribution in [0, 0.1) is 5.82 Å². The summed E-state index contributed by atoms with van der Waals surface area (Å²) in [5.41, 5.74) is 3.55. The van der Waals surface area contributed by atoms with Gasteiger partial charge in [0.2, 0.25) is 0 Å². The van der Waals surface area contributed by atoms with Gasteiger partial charge in [0.05, 0.1) is 22.3 Å². The van der Waals surface area contributed by atoms with Crippen molar-refractivity contribution in [2.45, 2.75) is 26.7 Å². The van der Waals surface area contributed by atoms with Gasteiger partial charge < -0.3 is 4.74 Å². The van der Waals surface area contributed by atoms with Gasteiger partial charge in [-0.15, -0.1) is 0 Å². The second-order valence-corrected chi connectivity index (χ2v) is 7.54. The predicted molar refractivity (Wildman–Crippen MR) is 118 cm³/mol. The highest BCUT2D eigenvalue weighted by Crippen LogP contribution is 2.35. The SMILES string of the molecule is CCC(=O)Oc1cn(-c2ccc(F)c(Cl)c2)c2nc(CC)n3c4ccccc4nc3c12. The molecule has 156 valence electrons. The maximum absolute atomic E-state index is 13.8. The molecule has 0 unspecified atom stereocenters. The van der Waals surface area contributed by atoms with Crippen molar-refractivity contribution in [3.05, 3.63) is 65.3 Å². The molecule has 0 fully saturated rings. The van der Waals surface area contributed by atoms with Gasteiger partial charge in [0.15, 0.2) is 17.0 Å². The van der Waals surface area contributed by atoms with Gasteiger partial charge in [-0.25, -0.2) is 14.4 Å². The number of esters is 1. The fourth-order valence-corrected chi connectivity index (χ4v) is 3.94. The number of halogens is 2. The smallest absolute Gasteiger partial charge is 0.310 e. The lowest BCUT2D eigenvalue weighted by molar-refractivity contribution is -0.133. The molecule has 5 rings (SSSR count). The number of carbonyl (C=O) groups excluding carboxylic acids is 1. The van der Waals surface area contributed by atoms with Crippen molar-refractivity contribution in [2.24, 2.45) is 0 Å². The molecule has 0 bridgehead atoms. The van der Waals surface area contributed by atoms with Crippen LogP contribution >= 0.6 is 11.6 Å². The van der Waals surface area contributed by atoms with Crippen molar-refractivity contribution < 1.29 is 13.9 Å². The highest BCUT2D eigenvalue weighted by molar-refractivity contribution is 6.30. The van der Waals surface area contributed by atoms with Crippen molar-refractivity contribution in [1.82, 2.24) is 18.9 Å². The van der Waals surface area contributed by atoms with Gasteiger partial charge in [0.1, 0.15) is 17.0 Å². The Labute approximate surface area is 181 Å². The molecule has 8 heteroatoms. The Morgan fingerprint density at radius 3 is 2.68 bits per heavy atom. The summed E-state index contributed by atoms with van der Waals surface area (Å²) in [5, 5.41) is 0.602. The average Bonchev–Trinajstić information content (AvgIpc) is 3.33. The highest BCUT2D eigenvalue weighted by atomic mass is 35.5. The van der Waals surface area contributed by atoms with E-state index in [1.165, 1.54) is 12.1 Å². The van der Waals surface area contributed by atoms with Gasteiger partial charge in [0, 0.05) is 18.5 Å². The van der Waals surface area contributed by atoms with Crippen LogP contribution in [-0.4, -0.2) is 24.9 Å². The Kier molecular flexibility index (Phi) is 4.63. The molecule has 2 aromatic carbocycles. The first-order valence-electron chi connectivity index (χ1n) is 9.99. The summed E-state index contributed by atoms with van der Waals surface area (Å²) in [7, 11) is 0. The largest absolute Gasteiger partial charge is 0.424 e. The number of aromatic nitrogens is 4. The van der Waals surface area contributed by atoms with E-state index in [0.717, 1.165) is 16.9 Å². The van der Waals surface area contributed by atoms with E-state index in [1.54, 1.807) is 23.8 Å². The molecule has 0 aliphatic carbocycles. The lowest BCUT2D eigenvalue weighted by Gasteiger charge is -2.09. The van der Waals surface area contributed by atoms with Crippen LogP contribution in [0.25, 0.3) is 33.4 Å². The zero-order valence-corrected chi connectivity index (χ0v) is 17.7. The normalized spacial score (nSPS) is 11.6. The Morgan fingerprint density at radius 1 is 1.13 bits per heavy atom. The average molecular weight is 437 g/mol. The molecule has 0 spiro atoms. The molecular weight excluding hydrogens is 419 g/mol. The first-order chi connectivity index (χ1) is 15.0. The van der Waals surface area contributed by atoms with E-state index < -0.39 is 5.82 Å². The van der Waals surface area contributed by atoms with E-state index in [1.807, 2.05) is 35.6 Å². The Hall–Kier alpha value is -3.45. The molecule has 0 saturated carbocycles. The number of fused-ring (bicyclic) bond motifs is 5. The van der Waals surface area contributed by atoms with Crippen LogP contribution in [0.15, 0.2) is 48.7 Å². The summed E-state index contributed by atoms with van der Waals surface area (Å²) in [6.45, 7) is 3.75. The van der Waals surface area contributed by atoms with Crippen molar-refractivity contribution in [2.75, 3.05) is 0 Å². The Bertz CT molecular complexity index is 1490. The molecule has 0 saturated heterocycles. The van der Waals surface area contributed by atoms with E-state index >= 15 is 0 Å². The lowest BCUT2D eigenvalue weighted by atomic mass is 10.3. The first-order valence-corrected chi connectivity index (χ1v) is 10.4. The molecule has 6 nitrogen and oxygen atoms in total. The quantitative estimate of drug-likeness (QED) is 0.349. The summed E-state index contributed by atoms with van der Waals surface area (Å²) >= 11 is 6.02. The minimum absolute atomic E-state index is 0.00482. The van der Waals surface area contributed by atoms with E-state index in [0.29, 0.717) is 34.5 Å². The van der Waals surface area contributed by atoms with Crippen LogP contribution in [0.5, 0.6) is 5.75 Å². The van der Waals surface area contributed by atoms with Gasteiger partial charge in [-0.05, 0) is 30.3 Å². The third kappa shape index (κ3) is 3.04. The van der Waals surface area contributed by atoms with Crippen LogP contribution in [0.3, 0.4) is 0 Å². The minimum Gasteiger partial charge on any atom is -0.424 e. The van der Waals surface area contributed by atoms with E-state index in [-0.39, 0.29) is 17.4 Å². The molecule has 0 N–H and O–H groups in total. The number of aryl methyl sites for hydroxylation is 1. The minimum atomic E-state index is -0.511. The molecule has 31 heavy (non-hydrogen) atoms. The molecule has 0 aliphatic rings. The van der Waals surface area contributed by atoms with Crippen molar-refractivity contribution in [3.63, 3.8) is 0 Å². The first kappa shape index (κ1) is 19.5. The molecule has 3 heterocycles. The molecule has 0 atom stereocenters. The molecular formula is C23H18ClFN4O2. The molecule has 0 aliphatic heterocycles. The maximum atomic E-state index is 13.8. The molecule has 3 aromatic heterocycles. The highest BCUT2D eigenvalue weighted by Gasteiger charge is 2.22. The molecule has 0 radical (unpaired) electrons. The summed E-state index contributed by atoms with van der Waals surface area (Å²) in [4.78, 5) is 21.9. The van der Waals surface area contributed by atoms with Crippen molar-refractivity contribution in [1.29, 1.82) is 0 Å². The summed E-state index contributed by atoms with van der Waals surface area (Å²) in [5.74, 6) is 0.267. The standard InChI is InChI=1S/C23H18ClFN4O2/c1-3-19-27-22-21(23-26-16-7-5-6-8-17(16)29(19)23)18(31-20(30)4-2)12-28(22)13-9-10-15(25)14(24)11-13/h5-12H,3-4H2,1-2H3. The van der Waals surface area contributed by atoms with Crippen molar-refractivity contribution in [3.8, 4) is 11.4 Å². The van der Waals surface area contributed by atoms with Crippen LogP contribution in [0.4, 0.5) is 4.39 Å². The van der Waals surface area contributed by atoms with Crippen molar-refractivity contribution >= 4 is 45.3 Å². The number of hydrogen-bond acceptors (Lipinski definition) is 4. The second kappa shape index (κ2) is 7.35. The third-order valence-corrected chi connectivity index (χ3v) is 5.52. The van der Waals surface area contributed by atoms with Gasteiger partial charge in [-0.2, -0.15) is 0 Å². The Balaban J connectivity index is 1.92. The molecule has 5 aromatic rings. The fraction of sp³-hybridized carbons (Fsp3) is 0.174. The van der Waals surface area contributed by atoms with Crippen LogP contribution < -0.4 is 4.74 Å². The summed E-state index contributed by atoms with van der Waals surface area (Å²) in [6, 6.07) is 12.2. The number of benzene rings is 2. The summed E-state index contributed by atoms with van der Waals surface area (Å²) in [6.07, 6.45) is 2.56. The number of hydrogen-bond donors (Lipinski definition) is 0. The summed E-state index contributed by atoms with van der Waals surface area (Å²) < 4.78 is 23.1. The maximum Gasteiger partial charge on any atom is 0.310 e. The number of imidazole rings is 1. The lowest BCUT2D eigenvalue weighted by Crippen LogP contribution is -2.06. The topological polar surface area (TPSA) is 61.4 Å². The zero-order valence-electron chi connectivity index (χ0n) is 16.9. The van der Waals surface area contributed by atoms with Crippen LogP contribution in [0.2, 0.25) is 5.02 Å². The van der Waals surface area contributed by atoms with Gasteiger partial charge in [-0.3, -0.25) is 13.8 Å². The van der Waals surface area contributed by atoms with Gasteiger partial charge >= 0.3 is 5.97 Å². The monoisotopic (exact) mass is 436 g/mol. The van der Waals surface area contributed by atoms with Crippen LogP contribution in [0.1, 0.15) is 26.1 Å². The van der Waals surface area contributed by atoms with Gasteiger partial charge in [-0.1, -0.05) is 37.6 Å². The van der Waals surface area contributed by atoms with E-state index in [2.05, 4.69) is 0 Å². The number of rotatable bonds is 4. The molecule has 0 amide bonds. The number of ether oxygens (including phenoxy) is 1. The predicted octanol–water partition coefficient (Wildman–Crippen LogP) is 5.50. The number of nitrogens with zero attached hydrogens (tertiary/aromatic N) is 4. The van der Waals surface area contributed by atoms with E-state index in [4.69, 9.17) is 26.3 Å². The third-order valence-electron chi connectivity index (χ3n) is 5.23. The number of carbonyl (C=O) groups is 1. The fourth-order valence-electron chi connectivity index (χ4n) is 3.76. The van der Waals surface area contributed by atoms with Gasteiger partial charge in [0.25, 0.3) is 0 Å². The number of para-hydroxylation sites is 2. The Morgan fingerprint density at radius 2 is 1.94 bits per heavy atom.